The SMILES string of the molecule is CC(CN)CC(O)c1ccc(O)c(O)c1. The molecule has 0 fully saturated rings. The molecule has 0 radical (unpaired) electrons. The van der Waals surface area contributed by atoms with E-state index in [4.69, 9.17) is 10.8 Å². The van der Waals surface area contributed by atoms with Crippen LogP contribution in [0.25, 0.3) is 0 Å². The molecule has 2 unspecified atom stereocenters. The lowest BCUT2D eigenvalue weighted by Gasteiger charge is -2.15. The Morgan fingerprint density at radius 1 is 1.27 bits per heavy atom. The highest BCUT2D eigenvalue weighted by Crippen LogP contribution is 2.29. The second-order valence-electron chi connectivity index (χ2n) is 3.84. The summed E-state index contributed by atoms with van der Waals surface area (Å²) in [6.07, 6.45) is -0.115. The zero-order valence-corrected chi connectivity index (χ0v) is 8.72. The van der Waals surface area contributed by atoms with Crippen LogP contribution < -0.4 is 5.73 Å². The van der Waals surface area contributed by atoms with Crippen molar-refractivity contribution in [3.63, 3.8) is 0 Å². The minimum atomic E-state index is -0.657. The predicted octanol–water partition coefficient (Wildman–Crippen LogP) is 1.12. The minimum Gasteiger partial charge on any atom is -0.504 e. The fraction of sp³-hybridized carbons (Fsp3) is 0.455. The maximum atomic E-state index is 9.79. The molecule has 0 bridgehead atoms. The van der Waals surface area contributed by atoms with E-state index in [1.807, 2.05) is 6.92 Å². The monoisotopic (exact) mass is 211 g/mol. The normalized spacial score (nSPS) is 14.9. The third kappa shape index (κ3) is 3.11. The Kier molecular flexibility index (Phi) is 3.94. The topological polar surface area (TPSA) is 86.7 Å². The maximum absolute atomic E-state index is 9.79. The molecular formula is C11H17NO3. The fourth-order valence-electron chi connectivity index (χ4n) is 1.36. The van der Waals surface area contributed by atoms with Gasteiger partial charge in [-0.05, 0) is 36.6 Å². The Morgan fingerprint density at radius 2 is 1.93 bits per heavy atom. The highest BCUT2D eigenvalue weighted by atomic mass is 16.3. The van der Waals surface area contributed by atoms with Gasteiger partial charge in [0.2, 0.25) is 0 Å². The van der Waals surface area contributed by atoms with Crippen molar-refractivity contribution in [3.8, 4) is 11.5 Å². The highest BCUT2D eigenvalue weighted by Gasteiger charge is 2.13. The van der Waals surface area contributed by atoms with Gasteiger partial charge in [-0.15, -0.1) is 0 Å². The molecule has 0 aliphatic rings. The van der Waals surface area contributed by atoms with Crippen LogP contribution in [0.5, 0.6) is 11.5 Å². The average molecular weight is 211 g/mol. The van der Waals surface area contributed by atoms with Crippen LogP contribution in [0.1, 0.15) is 25.0 Å². The second-order valence-corrected chi connectivity index (χ2v) is 3.84. The zero-order chi connectivity index (χ0) is 11.4. The number of hydrogen-bond donors (Lipinski definition) is 4. The first-order valence-corrected chi connectivity index (χ1v) is 4.94. The van der Waals surface area contributed by atoms with Gasteiger partial charge in [0.1, 0.15) is 0 Å². The maximum Gasteiger partial charge on any atom is 0.157 e. The van der Waals surface area contributed by atoms with E-state index >= 15 is 0 Å². The Bertz CT molecular complexity index is 328. The van der Waals surface area contributed by atoms with Gasteiger partial charge in [-0.3, -0.25) is 0 Å². The molecule has 4 heteroatoms. The lowest BCUT2D eigenvalue weighted by molar-refractivity contribution is 0.148. The molecule has 0 heterocycles. The van der Waals surface area contributed by atoms with Crippen LogP contribution in [-0.4, -0.2) is 21.9 Å². The van der Waals surface area contributed by atoms with Gasteiger partial charge in [-0.1, -0.05) is 13.0 Å². The number of aromatic hydroxyl groups is 2. The van der Waals surface area contributed by atoms with Gasteiger partial charge in [0.05, 0.1) is 6.10 Å². The largest absolute Gasteiger partial charge is 0.504 e. The lowest BCUT2D eigenvalue weighted by atomic mass is 9.98. The smallest absolute Gasteiger partial charge is 0.157 e. The molecule has 0 aliphatic heterocycles. The van der Waals surface area contributed by atoms with Crippen LogP contribution in [0.15, 0.2) is 18.2 Å². The van der Waals surface area contributed by atoms with Gasteiger partial charge in [0, 0.05) is 0 Å². The number of phenolic OH excluding ortho intramolecular Hbond substituents is 2. The molecule has 5 N–H and O–H groups in total. The van der Waals surface area contributed by atoms with E-state index < -0.39 is 6.10 Å². The van der Waals surface area contributed by atoms with Crippen LogP contribution in [0.4, 0.5) is 0 Å². The predicted molar refractivity (Wildman–Crippen MR) is 57.6 cm³/mol. The second kappa shape index (κ2) is 5.00. The number of benzene rings is 1. The fourth-order valence-corrected chi connectivity index (χ4v) is 1.36. The molecule has 1 aromatic rings. The van der Waals surface area contributed by atoms with Gasteiger partial charge in [-0.25, -0.2) is 0 Å². The molecule has 0 aromatic heterocycles. The molecule has 0 aliphatic carbocycles. The molecule has 0 saturated carbocycles. The van der Waals surface area contributed by atoms with E-state index in [1.165, 1.54) is 12.1 Å². The van der Waals surface area contributed by atoms with E-state index in [1.54, 1.807) is 6.07 Å². The van der Waals surface area contributed by atoms with Crippen LogP contribution >= 0.6 is 0 Å². The molecule has 4 nitrogen and oxygen atoms in total. The van der Waals surface area contributed by atoms with Crippen LogP contribution in [-0.2, 0) is 0 Å². The molecular weight excluding hydrogens is 194 g/mol. The zero-order valence-electron chi connectivity index (χ0n) is 8.72. The van der Waals surface area contributed by atoms with Gasteiger partial charge >= 0.3 is 0 Å². The summed E-state index contributed by atoms with van der Waals surface area (Å²) < 4.78 is 0. The van der Waals surface area contributed by atoms with Crippen molar-refractivity contribution in [2.45, 2.75) is 19.4 Å². The molecule has 1 rings (SSSR count). The van der Waals surface area contributed by atoms with Crippen LogP contribution in [0, 0.1) is 5.92 Å². The first-order valence-electron chi connectivity index (χ1n) is 4.94. The van der Waals surface area contributed by atoms with Crippen molar-refractivity contribution in [2.24, 2.45) is 11.7 Å². The summed E-state index contributed by atoms with van der Waals surface area (Å²) in [5.74, 6) is -0.180. The summed E-state index contributed by atoms with van der Waals surface area (Å²) in [4.78, 5) is 0. The van der Waals surface area contributed by atoms with Crippen molar-refractivity contribution < 1.29 is 15.3 Å². The summed E-state index contributed by atoms with van der Waals surface area (Å²) in [5, 5.41) is 28.1. The first-order chi connectivity index (χ1) is 7.04. The summed E-state index contributed by atoms with van der Waals surface area (Å²) in [7, 11) is 0. The molecule has 15 heavy (non-hydrogen) atoms. The molecule has 84 valence electrons. The van der Waals surface area contributed by atoms with Crippen molar-refractivity contribution >= 4 is 0 Å². The van der Waals surface area contributed by atoms with E-state index in [2.05, 4.69) is 0 Å². The summed E-state index contributed by atoms with van der Waals surface area (Å²) in [6, 6.07) is 4.31. The van der Waals surface area contributed by atoms with Gasteiger partial charge < -0.3 is 21.1 Å². The molecule has 0 saturated heterocycles. The van der Waals surface area contributed by atoms with Crippen molar-refractivity contribution in [1.82, 2.24) is 0 Å². The third-order valence-corrected chi connectivity index (χ3v) is 2.41. The number of hydrogen-bond acceptors (Lipinski definition) is 4. The highest BCUT2D eigenvalue weighted by molar-refractivity contribution is 5.41. The van der Waals surface area contributed by atoms with Gasteiger partial charge in [-0.2, -0.15) is 0 Å². The van der Waals surface area contributed by atoms with Crippen LogP contribution in [0.3, 0.4) is 0 Å². The van der Waals surface area contributed by atoms with Crippen molar-refractivity contribution in [2.75, 3.05) is 6.54 Å². The Hall–Kier alpha value is -1.26. The summed E-state index contributed by atoms with van der Waals surface area (Å²) in [5.41, 5.74) is 6.04. The Morgan fingerprint density at radius 3 is 2.47 bits per heavy atom. The molecule has 2 atom stereocenters. The standard InChI is InChI=1S/C11H17NO3/c1-7(6-12)4-10(14)8-2-3-9(13)11(15)5-8/h2-3,5,7,10,13-15H,4,6,12H2,1H3. The van der Waals surface area contributed by atoms with E-state index in [0.29, 0.717) is 18.5 Å². The number of aliphatic hydroxyl groups excluding tert-OH is 1. The van der Waals surface area contributed by atoms with Gasteiger partial charge in [0.25, 0.3) is 0 Å². The molecule has 0 spiro atoms. The van der Waals surface area contributed by atoms with Crippen molar-refractivity contribution in [1.29, 1.82) is 0 Å². The number of nitrogens with two attached hydrogens (primary N) is 1. The Labute approximate surface area is 89.0 Å². The third-order valence-electron chi connectivity index (χ3n) is 2.41. The summed E-state index contributed by atoms with van der Waals surface area (Å²) in [6.45, 7) is 2.46. The quantitative estimate of drug-likeness (QED) is 0.562. The first kappa shape index (κ1) is 11.8. The van der Waals surface area contributed by atoms with Gasteiger partial charge in [0.15, 0.2) is 11.5 Å². The van der Waals surface area contributed by atoms with E-state index in [0.717, 1.165) is 0 Å². The lowest BCUT2D eigenvalue weighted by Crippen LogP contribution is -2.14. The molecule has 0 amide bonds. The number of aliphatic hydroxyl groups is 1. The number of rotatable bonds is 4. The van der Waals surface area contributed by atoms with E-state index in [-0.39, 0.29) is 17.4 Å². The summed E-state index contributed by atoms with van der Waals surface area (Å²) >= 11 is 0. The van der Waals surface area contributed by atoms with Crippen LogP contribution in [0.2, 0.25) is 0 Å². The number of phenols is 2. The minimum absolute atomic E-state index is 0.183. The average Bonchev–Trinajstić information content (AvgIpc) is 2.21. The van der Waals surface area contributed by atoms with Crippen molar-refractivity contribution in [3.05, 3.63) is 23.8 Å². The Balaban J connectivity index is 2.73. The van der Waals surface area contributed by atoms with E-state index in [9.17, 15) is 10.2 Å². The molecule has 1 aromatic carbocycles.